The van der Waals surface area contributed by atoms with Crippen LogP contribution in [-0.2, 0) is 4.74 Å². The summed E-state index contributed by atoms with van der Waals surface area (Å²) in [5.41, 5.74) is 0. The number of hydrogen-bond donors (Lipinski definition) is 1. The minimum atomic E-state index is -0.128. The normalized spacial score (nSPS) is 14.0. The van der Waals surface area contributed by atoms with E-state index in [2.05, 4.69) is 27.4 Å². The van der Waals surface area contributed by atoms with Gasteiger partial charge < -0.3 is 9.84 Å². The number of aliphatic hydroxyl groups is 1. The van der Waals surface area contributed by atoms with E-state index in [9.17, 15) is 5.11 Å². The molecule has 0 aromatic heterocycles. The van der Waals surface area contributed by atoms with E-state index in [1.165, 1.54) is 19.3 Å². The first-order valence-electron chi connectivity index (χ1n) is 8.62. The van der Waals surface area contributed by atoms with Gasteiger partial charge in [0.05, 0.1) is 18.5 Å². The molecule has 2 heteroatoms. The van der Waals surface area contributed by atoms with Crippen LogP contribution in [0.2, 0.25) is 0 Å². The van der Waals surface area contributed by atoms with Gasteiger partial charge in [-0.1, -0.05) is 59.5 Å². The summed E-state index contributed by atoms with van der Waals surface area (Å²) < 4.78 is 5.78. The average molecular weight is 284 g/mol. The molecule has 0 aromatic carbocycles. The minimum Gasteiger partial charge on any atom is -0.498 e. The van der Waals surface area contributed by atoms with Gasteiger partial charge in [0.15, 0.2) is 0 Å². The van der Waals surface area contributed by atoms with E-state index in [0.29, 0.717) is 5.92 Å². The van der Waals surface area contributed by atoms with Crippen LogP contribution in [0.1, 0.15) is 85.0 Å². The predicted octanol–water partition coefficient (Wildman–Crippen LogP) is 5.45. The lowest BCUT2D eigenvalue weighted by Crippen LogP contribution is -2.13. The summed E-state index contributed by atoms with van der Waals surface area (Å²) in [6.07, 6.45) is 10.8. The molecule has 0 aromatic rings. The van der Waals surface area contributed by atoms with Crippen molar-refractivity contribution in [3.05, 3.63) is 12.3 Å². The van der Waals surface area contributed by atoms with E-state index in [1.807, 2.05) is 0 Å². The first kappa shape index (κ1) is 19.5. The number of aliphatic hydroxyl groups excluding tert-OH is 1. The third kappa shape index (κ3) is 11.3. The van der Waals surface area contributed by atoms with Crippen LogP contribution in [0.25, 0.3) is 0 Å². The van der Waals surface area contributed by atoms with E-state index in [0.717, 1.165) is 57.3 Å². The SMILES string of the molecule is C=C(CCCCC)OCC(CC)CCC(O)CCCC. The van der Waals surface area contributed by atoms with E-state index in [-0.39, 0.29) is 6.10 Å². The molecule has 0 fully saturated rings. The summed E-state index contributed by atoms with van der Waals surface area (Å²) in [5, 5.41) is 9.89. The van der Waals surface area contributed by atoms with Crippen molar-refractivity contribution in [1.82, 2.24) is 0 Å². The maximum atomic E-state index is 9.89. The highest BCUT2D eigenvalue weighted by molar-refractivity contribution is 4.82. The summed E-state index contributed by atoms with van der Waals surface area (Å²) in [4.78, 5) is 0. The highest BCUT2D eigenvalue weighted by atomic mass is 16.5. The molecular formula is C18H36O2. The Labute approximate surface area is 126 Å². The van der Waals surface area contributed by atoms with E-state index in [1.54, 1.807) is 0 Å². The van der Waals surface area contributed by atoms with Gasteiger partial charge in [0, 0.05) is 6.42 Å². The zero-order valence-corrected chi connectivity index (χ0v) is 14.0. The largest absolute Gasteiger partial charge is 0.498 e. The van der Waals surface area contributed by atoms with Gasteiger partial charge in [0.2, 0.25) is 0 Å². The molecule has 0 rings (SSSR count). The lowest BCUT2D eigenvalue weighted by Gasteiger charge is -2.19. The van der Waals surface area contributed by atoms with Crippen molar-refractivity contribution >= 4 is 0 Å². The maximum Gasteiger partial charge on any atom is 0.0905 e. The Kier molecular flexibility index (Phi) is 13.1. The van der Waals surface area contributed by atoms with Crippen LogP contribution in [0.15, 0.2) is 12.3 Å². The second-order valence-corrected chi connectivity index (χ2v) is 5.95. The fourth-order valence-corrected chi connectivity index (χ4v) is 2.30. The number of hydrogen-bond acceptors (Lipinski definition) is 2. The second-order valence-electron chi connectivity index (χ2n) is 5.95. The molecule has 0 heterocycles. The van der Waals surface area contributed by atoms with Gasteiger partial charge in [0.1, 0.15) is 0 Å². The Morgan fingerprint density at radius 1 is 1.00 bits per heavy atom. The van der Waals surface area contributed by atoms with Crippen molar-refractivity contribution in [3.8, 4) is 0 Å². The molecule has 2 nitrogen and oxygen atoms in total. The topological polar surface area (TPSA) is 29.5 Å². The summed E-state index contributed by atoms with van der Waals surface area (Å²) in [5.74, 6) is 1.48. The fraction of sp³-hybridized carbons (Fsp3) is 0.889. The standard InChI is InChI=1S/C18H36O2/c1-5-8-10-11-16(4)20-15-17(7-3)13-14-18(19)12-9-6-2/h17-19H,4-15H2,1-3H3. The van der Waals surface area contributed by atoms with Gasteiger partial charge in [-0.25, -0.2) is 0 Å². The number of rotatable bonds is 14. The minimum absolute atomic E-state index is 0.128. The van der Waals surface area contributed by atoms with Crippen molar-refractivity contribution in [2.45, 2.75) is 91.1 Å². The van der Waals surface area contributed by atoms with Crippen LogP contribution in [0.4, 0.5) is 0 Å². The van der Waals surface area contributed by atoms with E-state index >= 15 is 0 Å². The Balaban J connectivity index is 3.72. The molecule has 0 aliphatic carbocycles. The van der Waals surface area contributed by atoms with E-state index < -0.39 is 0 Å². The Bertz CT molecular complexity index is 225. The van der Waals surface area contributed by atoms with Crippen molar-refractivity contribution < 1.29 is 9.84 Å². The van der Waals surface area contributed by atoms with Gasteiger partial charge in [0.25, 0.3) is 0 Å². The molecule has 0 saturated carbocycles. The quantitative estimate of drug-likeness (QED) is 0.339. The lowest BCUT2D eigenvalue weighted by atomic mass is 9.97. The van der Waals surface area contributed by atoms with Crippen molar-refractivity contribution in [2.24, 2.45) is 5.92 Å². The van der Waals surface area contributed by atoms with Crippen LogP contribution in [0.5, 0.6) is 0 Å². The zero-order chi connectivity index (χ0) is 15.2. The number of ether oxygens (including phenoxy) is 1. The van der Waals surface area contributed by atoms with Crippen LogP contribution in [-0.4, -0.2) is 17.8 Å². The molecule has 0 bridgehead atoms. The smallest absolute Gasteiger partial charge is 0.0905 e. The van der Waals surface area contributed by atoms with Crippen LogP contribution in [0.3, 0.4) is 0 Å². The molecule has 0 amide bonds. The van der Waals surface area contributed by atoms with Crippen LogP contribution < -0.4 is 0 Å². The van der Waals surface area contributed by atoms with Crippen molar-refractivity contribution in [2.75, 3.05) is 6.61 Å². The fourth-order valence-electron chi connectivity index (χ4n) is 2.30. The maximum absolute atomic E-state index is 9.89. The Morgan fingerprint density at radius 2 is 1.70 bits per heavy atom. The van der Waals surface area contributed by atoms with Crippen LogP contribution >= 0.6 is 0 Å². The molecule has 2 unspecified atom stereocenters. The second kappa shape index (κ2) is 13.5. The molecule has 2 atom stereocenters. The predicted molar refractivity (Wildman–Crippen MR) is 87.8 cm³/mol. The van der Waals surface area contributed by atoms with Gasteiger partial charge in [-0.3, -0.25) is 0 Å². The van der Waals surface area contributed by atoms with Gasteiger partial charge in [-0.05, 0) is 31.6 Å². The van der Waals surface area contributed by atoms with E-state index in [4.69, 9.17) is 4.74 Å². The summed E-state index contributed by atoms with van der Waals surface area (Å²) >= 11 is 0. The molecule has 0 aliphatic heterocycles. The summed E-state index contributed by atoms with van der Waals surface area (Å²) in [6, 6.07) is 0. The number of unbranched alkanes of at least 4 members (excludes halogenated alkanes) is 3. The van der Waals surface area contributed by atoms with Crippen molar-refractivity contribution in [1.29, 1.82) is 0 Å². The Hall–Kier alpha value is -0.500. The highest BCUT2D eigenvalue weighted by Crippen LogP contribution is 2.18. The van der Waals surface area contributed by atoms with Gasteiger partial charge >= 0.3 is 0 Å². The average Bonchev–Trinajstić information content (AvgIpc) is 2.45. The molecule has 20 heavy (non-hydrogen) atoms. The molecule has 0 radical (unpaired) electrons. The Morgan fingerprint density at radius 3 is 2.30 bits per heavy atom. The van der Waals surface area contributed by atoms with Crippen molar-refractivity contribution in [3.63, 3.8) is 0 Å². The summed E-state index contributed by atoms with van der Waals surface area (Å²) in [6.45, 7) is 11.3. The molecular weight excluding hydrogens is 248 g/mol. The summed E-state index contributed by atoms with van der Waals surface area (Å²) in [7, 11) is 0. The lowest BCUT2D eigenvalue weighted by molar-refractivity contribution is 0.115. The first-order valence-corrected chi connectivity index (χ1v) is 8.62. The third-order valence-corrected chi connectivity index (χ3v) is 3.96. The molecule has 0 aliphatic rings. The molecule has 0 spiro atoms. The first-order chi connectivity index (χ1) is 9.63. The third-order valence-electron chi connectivity index (χ3n) is 3.96. The highest BCUT2D eigenvalue weighted by Gasteiger charge is 2.11. The number of allylic oxidation sites excluding steroid dienone is 1. The monoisotopic (exact) mass is 284 g/mol. The van der Waals surface area contributed by atoms with Gasteiger partial charge in [-0.15, -0.1) is 0 Å². The van der Waals surface area contributed by atoms with Crippen LogP contribution in [0, 0.1) is 5.92 Å². The molecule has 120 valence electrons. The molecule has 0 saturated heterocycles. The van der Waals surface area contributed by atoms with Gasteiger partial charge in [-0.2, -0.15) is 0 Å². The molecule has 1 N–H and O–H groups in total. The zero-order valence-electron chi connectivity index (χ0n) is 14.0.